The molecule has 0 nitrogen and oxygen atoms in total. The molecule has 0 aliphatic heterocycles. The van der Waals surface area contributed by atoms with Crippen molar-refractivity contribution in [1.82, 2.24) is 0 Å². The van der Waals surface area contributed by atoms with Gasteiger partial charge in [0.25, 0.3) is 0 Å². The molecule has 0 saturated carbocycles. The lowest BCUT2D eigenvalue weighted by molar-refractivity contribution is 0.424. The fourth-order valence-electron chi connectivity index (χ4n) is 11.3. The van der Waals surface area contributed by atoms with Gasteiger partial charge in [-0.1, -0.05) is 171 Å². The Morgan fingerprint density at radius 1 is 0.426 bits per heavy atom. The van der Waals surface area contributed by atoms with E-state index in [4.69, 9.17) is 0 Å². The predicted molar refractivity (Wildman–Crippen MR) is 259 cm³/mol. The van der Waals surface area contributed by atoms with Crippen LogP contribution in [-0.4, -0.2) is 0 Å². The molecule has 0 heterocycles. The highest BCUT2D eigenvalue weighted by Crippen LogP contribution is 2.44. The van der Waals surface area contributed by atoms with E-state index in [1.54, 1.807) is 50.1 Å². The molecule has 0 radical (unpaired) electrons. The first kappa shape index (κ1) is 41.4. The zero-order valence-corrected chi connectivity index (χ0v) is 37.3. The predicted octanol–water partition coefficient (Wildman–Crippen LogP) is 16.1. The Bertz CT molecular complexity index is 2380. The van der Waals surface area contributed by atoms with E-state index in [2.05, 4.69) is 172 Å². The van der Waals surface area contributed by atoms with Crippen molar-refractivity contribution in [2.45, 2.75) is 146 Å². The van der Waals surface area contributed by atoms with E-state index in [0.717, 1.165) is 12.8 Å². The van der Waals surface area contributed by atoms with Gasteiger partial charge < -0.3 is 0 Å². The van der Waals surface area contributed by atoms with E-state index >= 15 is 0 Å². The molecular weight excluding hydrogens is 733 g/mol. The summed E-state index contributed by atoms with van der Waals surface area (Å²) in [5.41, 5.74) is 20.1. The van der Waals surface area contributed by atoms with Gasteiger partial charge in [0.2, 0.25) is 0 Å². The van der Waals surface area contributed by atoms with Crippen LogP contribution in [0.2, 0.25) is 0 Å². The average molecular weight is 801 g/mol. The van der Waals surface area contributed by atoms with Crippen molar-refractivity contribution < 1.29 is 0 Å². The number of rotatable bonds is 20. The van der Waals surface area contributed by atoms with Gasteiger partial charge in [-0.05, 0) is 199 Å². The molecule has 0 heteroatoms. The van der Waals surface area contributed by atoms with E-state index in [1.807, 2.05) is 0 Å². The van der Waals surface area contributed by atoms with Crippen molar-refractivity contribution in [3.05, 3.63) is 224 Å². The van der Waals surface area contributed by atoms with E-state index in [0.29, 0.717) is 35.5 Å². The maximum Gasteiger partial charge on any atom is -0.0119 e. The topological polar surface area (TPSA) is 0 Å². The van der Waals surface area contributed by atoms with Gasteiger partial charge >= 0.3 is 0 Å². The Balaban J connectivity index is 0.952. The lowest BCUT2D eigenvalue weighted by Gasteiger charge is -2.31. The van der Waals surface area contributed by atoms with Crippen LogP contribution in [0.15, 0.2) is 157 Å². The minimum atomic E-state index is 0.485. The zero-order valence-electron chi connectivity index (χ0n) is 37.3. The number of hydrogen-bond donors (Lipinski definition) is 0. The fourth-order valence-corrected chi connectivity index (χ4v) is 11.3. The Morgan fingerprint density at radius 3 is 1.33 bits per heavy atom. The lowest BCUT2D eigenvalue weighted by Crippen LogP contribution is -2.16. The minimum Gasteiger partial charge on any atom is -0.0856 e. The van der Waals surface area contributed by atoms with Crippen molar-refractivity contribution in [3.8, 4) is 0 Å². The van der Waals surface area contributed by atoms with Crippen LogP contribution >= 0.6 is 0 Å². The fraction of sp³-hybridized carbons (Fsp3) is 0.377. The molecule has 61 heavy (non-hydrogen) atoms. The normalized spacial score (nSPS) is 16.9. The summed E-state index contributed by atoms with van der Waals surface area (Å²) < 4.78 is 0. The van der Waals surface area contributed by atoms with Crippen molar-refractivity contribution in [1.29, 1.82) is 0 Å². The minimum absolute atomic E-state index is 0.485. The smallest absolute Gasteiger partial charge is 0.0119 e. The molecule has 6 atom stereocenters. The molecule has 3 aliphatic carbocycles. The summed E-state index contributed by atoms with van der Waals surface area (Å²) in [5.74, 6) is 3.09. The maximum atomic E-state index is 2.61. The first-order chi connectivity index (χ1) is 30.0. The van der Waals surface area contributed by atoms with Crippen LogP contribution in [0.1, 0.15) is 174 Å². The second-order valence-corrected chi connectivity index (χ2v) is 19.4. The summed E-state index contributed by atoms with van der Waals surface area (Å²) in [7, 11) is 0. The molecule has 9 rings (SSSR count). The molecular formula is C61H68. The van der Waals surface area contributed by atoms with E-state index in [1.165, 1.54) is 99.3 Å². The Morgan fingerprint density at radius 2 is 0.836 bits per heavy atom. The number of aryl methyl sites for hydroxylation is 6. The highest BCUT2D eigenvalue weighted by atomic mass is 14.3. The molecule has 0 saturated heterocycles. The Labute approximate surface area is 368 Å². The van der Waals surface area contributed by atoms with Crippen LogP contribution < -0.4 is 0 Å². The summed E-state index contributed by atoms with van der Waals surface area (Å²) in [6.45, 7) is 7.28. The summed E-state index contributed by atoms with van der Waals surface area (Å²) in [6.07, 6.45) is 19.4. The SMILES string of the molecule is CCC(CC(CC(C)=CCCC(CC(CC(CC(C)c1ccc2c(c1)CC2)c1ccccc1)c1ccc2c(c1)CC2)c1ccccc1)c1ccccc1)c1ccc2c(c1)CC2. The highest BCUT2D eigenvalue weighted by Gasteiger charge is 2.28. The molecule has 0 bridgehead atoms. The lowest BCUT2D eigenvalue weighted by atomic mass is 9.73. The van der Waals surface area contributed by atoms with Gasteiger partial charge in [0.05, 0.1) is 0 Å². The second kappa shape index (κ2) is 19.4. The van der Waals surface area contributed by atoms with Crippen LogP contribution in [0.5, 0.6) is 0 Å². The van der Waals surface area contributed by atoms with Gasteiger partial charge in [0.15, 0.2) is 0 Å². The molecule has 0 aromatic heterocycles. The van der Waals surface area contributed by atoms with E-state index in [9.17, 15) is 0 Å². The molecule has 0 amide bonds. The number of benzene rings is 6. The molecule has 6 aromatic rings. The van der Waals surface area contributed by atoms with Gasteiger partial charge in [0.1, 0.15) is 0 Å². The number of allylic oxidation sites excluding steroid dienone is 2. The largest absolute Gasteiger partial charge is 0.0856 e. The molecule has 0 spiro atoms. The summed E-state index contributed by atoms with van der Waals surface area (Å²) in [5, 5.41) is 0. The summed E-state index contributed by atoms with van der Waals surface area (Å²) in [4.78, 5) is 0. The van der Waals surface area contributed by atoms with Crippen LogP contribution in [0.3, 0.4) is 0 Å². The summed E-state index contributed by atoms with van der Waals surface area (Å²) in [6, 6.07) is 56.8. The standard InChI is InChI=1S/C61H68/c1-4-45(54-30-24-50-26-32-56(50)39-54)37-59(47-18-10-6-11-19-47)35-43(2)15-14-22-53(46-16-8-5-9-17-46)41-61(58-34-28-51-27-33-57(51)40-58)42-60(48-20-12-7-13-21-48)36-44(3)52-29-23-49-25-31-55(49)38-52/h5-13,15-21,23-24,28-30,34,38-40,44-45,53,59-61H,4,14,22,25-27,31-33,35-37,41-42H2,1-3H3. The van der Waals surface area contributed by atoms with Gasteiger partial charge in [0, 0.05) is 0 Å². The zero-order chi connectivity index (χ0) is 41.5. The van der Waals surface area contributed by atoms with Crippen LogP contribution in [0, 0.1) is 0 Å². The van der Waals surface area contributed by atoms with Crippen LogP contribution in [0.25, 0.3) is 0 Å². The van der Waals surface area contributed by atoms with Gasteiger partial charge in [-0.2, -0.15) is 0 Å². The Hall–Kier alpha value is -4.94. The number of hydrogen-bond acceptors (Lipinski definition) is 0. The molecule has 0 N–H and O–H groups in total. The van der Waals surface area contributed by atoms with E-state index < -0.39 is 0 Å². The summed E-state index contributed by atoms with van der Waals surface area (Å²) >= 11 is 0. The molecule has 6 aromatic carbocycles. The van der Waals surface area contributed by atoms with Crippen molar-refractivity contribution >= 4 is 0 Å². The van der Waals surface area contributed by atoms with Gasteiger partial charge in [-0.15, -0.1) is 0 Å². The Kier molecular flexibility index (Phi) is 13.2. The maximum absolute atomic E-state index is 2.61. The van der Waals surface area contributed by atoms with Crippen LogP contribution in [-0.2, 0) is 38.5 Å². The first-order valence-electron chi connectivity index (χ1n) is 24.1. The van der Waals surface area contributed by atoms with Crippen molar-refractivity contribution in [2.75, 3.05) is 0 Å². The van der Waals surface area contributed by atoms with Crippen LogP contribution in [0.4, 0.5) is 0 Å². The van der Waals surface area contributed by atoms with Crippen molar-refractivity contribution in [2.24, 2.45) is 0 Å². The molecule has 3 aliphatic rings. The van der Waals surface area contributed by atoms with Gasteiger partial charge in [-0.25, -0.2) is 0 Å². The monoisotopic (exact) mass is 801 g/mol. The number of fused-ring (bicyclic) bond motifs is 3. The van der Waals surface area contributed by atoms with Gasteiger partial charge in [-0.3, -0.25) is 0 Å². The molecule has 0 fully saturated rings. The quantitative estimate of drug-likeness (QED) is 0.0675. The third-order valence-electron chi connectivity index (χ3n) is 15.4. The first-order valence-corrected chi connectivity index (χ1v) is 24.1. The third-order valence-corrected chi connectivity index (χ3v) is 15.4. The second-order valence-electron chi connectivity index (χ2n) is 19.4. The third kappa shape index (κ3) is 9.91. The van der Waals surface area contributed by atoms with Crippen molar-refractivity contribution in [3.63, 3.8) is 0 Å². The average Bonchev–Trinajstić information content (AvgIpc) is 3.26. The van der Waals surface area contributed by atoms with E-state index in [-0.39, 0.29) is 0 Å². The molecule has 6 unspecified atom stereocenters. The highest BCUT2D eigenvalue weighted by molar-refractivity contribution is 5.43. The molecule has 312 valence electrons.